The van der Waals surface area contributed by atoms with Gasteiger partial charge in [-0.25, -0.2) is 9.59 Å². The lowest BCUT2D eigenvalue weighted by Gasteiger charge is -2.26. The van der Waals surface area contributed by atoms with E-state index in [1.807, 2.05) is 18.2 Å². The molecule has 0 unspecified atom stereocenters. The molecule has 0 aromatic heterocycles. The quantitative estimate of drug-likeness (QED) is 0.680. The number of hydrogen-bond acceptors (Lipinski definition) is 6. The van der Waals surface area contributed by atoms with Crippen molar-refractivity contribution in [1.29, 1.82) is 0 Å². The minimum atomic E-state index is -0.564. The topological polar surface area (TPSA) is 103 Å². The van der Waals surface area contributed by atoms with Crippen molar-refractivity contribution in [3.63, 3.8) is 0 Å². The van der Waals surface area contributed by atoms with Crippen LogP contribution in [0.2, 0.25) is 0 Å². The third-order valence-corrected chi connectivity index (χ3v) is 3.56. The highest BCUT2D eigenvalue weighted by molar-refractivity contribution is 5.94. The molecule has 1 aliphatic rings. The Labute approximate surface area is 151 Å². The van der Waals surface area contributed by atoms with Crippen molar-refractivity contribution in [3.05, 3.63) is 41.6 Å². The van der Waals surface area contributed by atoms with Crippen LogP contribution in [0.1, 0.15) is 20.3 Å². The molecule has 2 amide bonds. The molecule has 0 spiro atoms. The van der Waals surface area contributed by atoms with Gasteiger partial charge in [0.05, 0.1) is 36.9 Å². The third-order valence-electron chi connectivity index (χ3n) is 3.56. The number of esters is 2. The molecule has 0 bridgehead atoms. The standard InChI is InChI=1S/C18H22N2O6/c1-3-24-17(22)16-12(2)19-18(23)20-14(16)11-26-15(21)9-10-25-13-7-5-4-6-8-13/h4-8,12H,3,9-11H2,1-2H3,(H2,19,20,23)/t12-/m1/s1. The molecule has 1 aromatic rings. The second-order valence-corrected chi connectivity index (χ2v) is 5.51. The summed E-state index contributed by atoms with van der Waals surface area (Å²) in [5.41, 5.74) is 0.455. The summed E-state index contributed by atoms with van der Waals surface area (Å²) in [6.07, 6.45) is 0.0403. The predicted octanol–water partition coefficient (Wildman–Crippen LogP) is 1.52. The van der Waals surface area contributed by atoms with Gasteiger partial charge < -0.3 is 24.8 Å². The number of carbonyl (C=O) groups is 3. The van der Waals surface area contributed by atoms with Crippen LogP contribution in [0.25, 0.3) is 0 Å². The fourth-order valence-corrected chi connectivity index (χ4v) is 2.39. The molecule has 2 rings (SSSR count). The molecule has 0 saturated carbocycles. The zero-order valence-electron chi connectivity index (χ0n) is 14.7. The first-order valence-corrected chi connectivity index (χ1v) is 8.32. The molecule has 26 heavy (non-hydrogen) atoms. The van der Waals surface area contributed by atoms with Crippen molar-refractivity contribution in [2.24, 2.45) is 0 Å². The van der Waals surface area contributed by atoms with Gasteiger partial charge in [-0.1, -0.05) is 18.2 Å². The van der Waals surface area contributed by atoms with Crippen molar-refractivity contribution < 1.29 is 28.6 Å². The largest absolute Gasteiger partial charge is 0.493 e. The number of ether oxygens (including phenoxy) is 3. The molecule has 1 aromatic carbocycles. The lowest BCUT2D eigenvalue weighted by Crippen LogP contribution is -2.50. The Morgan fingerprint density at radius 3 is 2.58 bits per heavy atom. The molecule has 1 atom stereocenters. The van der Waals surface area contributed by atoms with E-state index in [4.69, 9.17) is 14.2 Å². The van der Waals surface area contributed by atoms with Crippen LogP contribution in [-0.4, -0.2) is 43.8 Å². The Bertz CT molecular complexity index is 686. The van der Waals surface area contributed by atoms with Crippen molar-refractivity contribution in [1.82, 2.24) is 10.6 Å². The second kappa shape index (κ2) is 9.45. The van der Waals surface area contributed by atoms with Crippen molar-refractivity contribution in [3.8, 4) is 5.75 Å². The summed E-state index contributed by atoms with van der Waals surface area (Å²) in [6.45, 7) is 3.48. The first kappa shape index (κ1) is 19.3. The van der Waals surface area contributed by atoms with Crippen LogP contribution < -0.4 is 15.4 Å². The maximum absolute atomic E-state index is 12.1. The maximum atomic E-state index is 12.1. The SMILES string of the molecule is CCOC(=O)C1=C(COC(=O)CCOc2ccccc2)NC(=O)N[C@@H]1C. The van der Waals surface area contributed by atoms with Crippen LogP contribution in [0.5, 0.6) is 5.75 Å². The first-order valence-electron chi connectivity index (χ1n) is 8.32. The van der Waals surface area contributed by atoms with E-state index in [2.05, 4.69) is 10.6 Å². The van der Waals surface area contributed by atoms with Gasteiger partial charge in [0.25, 0.3) is 0 Å². The average Bonchev–Trinajstić information content (AvgIpc) is 2.60. The third kappa shape index (κ3) is 5.51. The first-order chi connectivity index (χ1) is 12.5. The predicted molar refractivity (Wildman–Crippen MR) is 92.3 cm³/mol. The van der Waals surface area contributed by atoms with Gasteiger partial charge in [-0.05, 0) is 26.0 Å². The van der Waals surface area contributed by atoms with Gasteiger partial charge in [0.15, 0.2) is 0 Å². The fourth-order valence-electron chi connectivity index (χ4n) is 2.39. The number of urea groups is 1. The number of benzene rings is 1. The molecule has 0 saturated heterocycles. The number of carbonyl (C=O) groups excluding carboxylic acids is 3. The molecule has 0 fully saturated rings. The summed E-state index contributed by atoms with van der Waals surface area (Å²) < 4.78 is 15.6. The second-order valence-electron chi connectivity index (χ2n) is 5.51. The lowest BCUT2D eigenvalue weighted by atomic mass is 10.0. The normalized spacial score (nSPS) is 16.4. The van der Waals surface area contributed by atoms with Gasteiger partial charge in [-0.2, -0.15) is 0 Å². The highest BCUT2D eigenvalue weighted by Gasteiger charge is 2.30. The molecule has 2 N–H and O–H groups in total. The monoisotopic (exact) mass is 362 g/mol. The lowest BCUT2D eigenvalue weighted by molar-refractivity contribution is -0.144. The smallest absolute Gasteiger partial charge is 0.338 e. The molecule has 0 radical (unpaired) electrons. The Morgan fingerprint density at radius 1 is 1.15 bits per heavy atom. The zero-order chi connectivity index (χ0) is 18.9. The maximum Gasteiger partial charge on any atom is 0.338 e. The Kier molecular flexibility index (Phi) is 7.02. The highest BCUT2D eigenvalue weighted by Crippen LogP contribution is 2.15. The molecule has 8 nitrogen and oxygen atoms in total. The molecule has 1 heterocycles. The van der Waals surface area contributed by atoms with E-state index < -0.39 is 24.0 Å². The minimum absolute atomic E-state index is 0.0403. The number of para-hydroxylation sites is 1. The Hall–Kier alpha value is -3.03. The van der Waals surface area contributed by atoms with Crippen molar-refractivity contribution in [2.75, 3.05) is 19.8 Å². The fraction of sp³-hybridized carbons (Fsp3) is 0.389. The molecule has 8 heteroatoms. The van der Waals surface area contributed by atoms with Crippen LogP contribution in [-0.2, 0) is 19.1 Å². The van der Waals surface area contributed by atoms with E-state index in [0.717, 1.165) is 0 Å². The number of rotatable bonds is 8. The molecule has 0 aliphatic carbocycles. The summed E-state index contributed by atoms with van der Waals surface area (Å²) in [5.74, 6) is -0.407. The van der Waals surface area contributed by atoms with Crippen LogP contribution in [0.4, 0.5) is 4.79 Å². The zero-order valence-corrected chi connectivity index (χ0v) is 14.7. The summed E-state index contributed by atoms with van der Waals surface area (Å²) in [5, 5.41) is 5.06. The van der Waals surface area contributed by atoms with E-state index in [9.17, 15) is 14.4 Å². The molecular weight excluding hydrogens is 340 g/mol. The van der Waals surface area contributed by atoms with Gasteiger partial charge in [-0.15, -0.1) is 0 Å². The van der Waals surface area contributed by atoms with Crippen LogP contribution >= 0.6 is 0 Å². The van der Waals surface area contributed by atoms with E-state index in [1.165, 1.54) is 0 Å². The number of nitrogens with one attached hydrogen (secondary N) is 2. The van der Waals surface area contributed by atoms with E-state index >= 15 is 0 Å². The molecular formula is C18H22N2O6. The van der Waals surface area contributed by atoms with E-state index in [0.29, 0.717) is 5.75 Å². The summed E-state index contributed by atoms with van der Waals surface area (Å²) in [6, 6.07) is 8.09. The van der Waals surface area contributed by atoms with E-state index in [1.54, 1.807) is 26.0 Å². The summed E-state index contributed by atoms with van der Waals surface area (Å²) in [7, 11) is 0. The van der Waals surface area contributed by atoms with E-state index in [-0.39, 0.29) is 37.5 Å². The van der Waals surface area contributed by atoms with Gasteiger partial charge in [0.2, 0.25) is 0 Å². The van der Waals surface area contributed by atoms with Crippen LogP contribution in [0.3, 0.4) is 0 Å². The van der Waals surface area contributed by atoms with Crippen molar-refractivity contribution in [2.45, 2.75) is 26.3 Å². The minimum Gasteiger partial charge on any atom is -0.493 e. The Morgan fingerprint density at radius 2 is 1.88 bits per heavy atom. The van der Waals surface area contributed by atoms with Crippen LogP contribution in [0, 0.1) is 0 Å². The average molecular weight is 362 g/mol. The Balaban J connectivity index is 1.89. The van der Waals surface area contributed by atoms with Crippen LogP contribution in [0.15, 0.2) is 41.6 Å². The molecule has 140 valence electrons. The van der Waals surface area contributed by atoms with Gasteiger partial charge in [-0.3, -0.25) is 4.79 Å². The van der Waals surface area contributed by atoms with Gasteiger partial charge >= 0.3 is 18.0 Å². The van der Waals surface area contributed by atoms with Gasteiger partial charge in [0.1, 0.15) is 12.4 Å². The molecule has 1 aliphatic heterocycles. The van der Waals surface area contributed by atoms with Gasteiger partial charge in [0, 0.05) is 0 Å². The summed E-state index contributed by atoms with van der Waals surface area (Å²) >= 11 is 0. The van der Waals surface area contributed by atoms with Crippen molar-refractivity contribution >= 4 is 18.0 Å². The highest BCUT2D eigenvalue weighted by atomic mass is 16.5. The summed E-state index contributed by atoms with van der Waals surface area (Å²) in [4.78, 5) is 35.6. The number of hydrogen-bond donors (Lipinski definition) is 2. The number of amides is 2.